The van der Waals surface area contributed by atoms with Crippen molar-refractivity contribution in [3.05, 3.63) is 10.1 Å². The molecular formula is HNO4Zn. The summed E-state index contributed by atoms with van der Waals surface area (Å²) >= 11 is 0. The first-order valence-corrected chi connectivity index (χ1v) is 0.565. The fourth-order valence-corrected chi connectivity index (χ4v) is 0. The van der Waals surface area contributed by atoms with Crippen LogP contribution in [0.5, 0.6) is 0 Å². The standard InChI is InChI=1S/HNO3.O.Zn/c2-1(3)4;;/h(H,2,3,4);;/q;-2;+2. The summed E-state index contributed by atoms with van der Waals surface area (Å²) in [6.45, 7) is 0. The van der Waals surface area contributed by atoms with E-state index in [9.17, 15) is 0 Å². The minimum atomic E-state index is -1.50. The van der Waals surface area contributed by atoms with E-state index in [1.165, 1.54) is 0 Å². The van der Waals surface area contributed by atoms with E-state index < -0.39 is 5.09 Å². The van der Waals surface area contributed by atoms with Gasteiger partial charge in [0.1, 0.15) is 0 Å². The van der Waals surface area contributed by atoms with Crippen LogP contribution in [-0.2, 0) is 25.0 Å². The van der Waals surface area contributed by atoms with Crippen molar-refractivity contribution in [1.82, 2.24) is 0 Å². The molecule has 0 heterocycles. The van der Waals surface area contributed by atoms with Crippen LogP contribution < -0.4 is 0 Å². The van der Waals surface area contributed by atoms with E-state index in [2.05, 4.69) is 0 Å². The molecular weight excluding hydrogens is 143 g/mol. The van der Waals surface area contributed by atoms with Crippen LogP contribution in [0.3, 0.4) is 0 Å². The molecule has 0 spiro atoms. The molecule has 0 rings (SSSR count). The third kappa shape index (κ3) is 625. The van der Waals surface area contributed by atoms with Crippen LogP contribution in [-0.4, -0.2) is 10.3 Å². The molecule has 0 aromatic rings. The molecule has 0 aromatic carbocycles. The van der Waals surface area contributed by atoms with Crippen LogP contribution in [0.1, 0.15) is 0 Å². The van der Waals surface area contributed by atoms with Crippen LogP contribution in [0.15, 0.2) is 0 Å². The van der Waals surface area contributed by atoms with Gasteiger partial charge < -0.3 is 10.7 Å². The van der Waals surface area contributed by atoms with Crippen molar-refractivity contribution < 1.29 is 35.2 Å². The second-order valence-corrected chi connectivity index (χ2v) is 0.238. The van der Waals surface area contributed by atoms with E-state index in [-0.39, 0.29) is 25.0 Å². The van der Waals surface area contributed by atoms with Crippen LogP contribution in [0.4, 0.5) is 0 Å². The molecule has 5 nitrogen and oxygen atoms in total. The van der Waals surface area contributed by atoms with Crippen LogP contribution in [0, 0.1) is 10.1 Å². The number of hydrogen-bond donors (Lipinski definition) is 1. The summed E-state index contributed by atoms with van der Waals surface area (Å²) in [5.74, 6) is 0. The molecule has 6 heavy (non-hydrogen) atoms. The quantitative estimate of drug-likeness (QED) is 0.283. The summed E-state index contributed by atoms with van der Waals surface area (Å²) in [5, 5.41) is 13.6. The monoisotopic (exact) mass is 143 g/mol. The molecule has 0 saturated carbocycles. The summed E-state index contributed by atoms with van der Waals surface area (Å²) in [6, 6.07) is 0. The second-order valence-electron chi connectivity index (χ2n) is 0.238. The van der Waals surface area contributed by atoms with E-state index in [0.717, 1.165) is 0 Å². The fraction of sp³-hybridized carbons (Fsp3) is 0. The van der Waals surface area contributed by atoms with E-state index in [0.29, 0.717) is 0 Å². The van der Waals surface area contributed by atoms with Gasteiger partial charge in [0.2, 0.25) is 0 Å². The van der Waals surface area contributed by atoms with Gasteiger partial charge in [-0.3, -0.25) is 0 Å². The van der Waals surface area contributed by atoms with Crippen molar-refractivity contribution in [1.29, 1.82) is 0 Å². The molecule has 0 aliphatic heterocycles. The summed E-state index contributed by atoms with van der Waals surface area (Å²) in [4.78, 5) is 8.36. The van der Waals surface area contributed by atoms with Gasteiger partial charge in [0.05, 0.1) is 0 Å². The van der Waals surface area contributed by atoms with Crippen molar-refractivity contribution in [3.8, 4) is 0 Å². The average Bonchev–Trinajstić information content (AvgIpc) is 0.811. The van der Waals surface area contributed by atoms with Crippen LogP contribution in [0.25, 0.3) is 0 Å². The molecule has 0 aliphatic rings. The minimum Gasteiger partial charge on any atom is -2.00 e. The largest absolute Gasteiger partial charge is 2.00 e. The molecule has 1 N–H and O–H groups in total. The molecule has 0 amide bonds. The summed E-state index contributed by atoms with van der Waals surface area (Å²) in [5.41, 5.74) is 0. The minimum absolute atomic E-state index is 0. The molecule has 0 atom stereocenters. The Balaban J connectivity index is -0.0000000450. The zero-order valence-corrected chi connectivity index (χ0v) is 5.79. The van der Waals surface area contributed by atoms with E-state index in [1.54, 1.807) is 0 Å². The summed E-state index contributed by atoms with van der Waals surface area (Å²) in [6.07, 6.45) is 0. The Morgan fingerprint density at radius 2 is 1.67 bits per heavy atom. The maximum absolute atomic E-state index is 8.36. The van der Waals surface area contributed by atoms with Gasteiger partial charge >= 0.3 is 19.5 Å². The summed E-state index contributed by atoms with van der Waals surface area (Å²) in [7, 11) is 0. The molecule has 0 saturated heterocycles. The predicted molar refractivity (Wildman–Crippen MR) is 9.47 cm³/mol. The maximum Gasteiger partial charge on any atom is 2.00 e. The first-order valence-electron chi connectivity index (χ1n) is 0.565. The normalized spacial score (nSPS) is 4.00. The Morgan fingerprint density at radius 3 is 1.67 bits per heavy atom. The van der Waals surface area contributed by atoms with Crippen molar-refractivity contribution in [2.24, 2.45) is 0 Å². The Bertz CT molecular complexity index is 30.5. The van der Waals surface area contributed by atoms with Crippen molar-refractivity contribution in [2.45, 2.75) is 0 Å². The van der Waals surface area contributed by atoms with Crippen LogP contribution in [0.2, 0.25) is 0 Å². The smallest absolute Gasteiger partial charge is 2.00 e. The third-order valence-corrected chi connectivity index (χ3v) is 0. The molecule has 0 unspecified atom stereocenters. The molecule has 0 fully saturated rings. The third-order valence-electron chi connectivity index (χ3n) is 0. The number of hydrogen-bond acceptors (Lipinski definition) is 2. The molecule has 0 radical (unpaired) electrons. The average molecular weight is 144 g/mol. The second kappa shape index (κ2) is 8.84. The van der Waals surface area contributed by atoms with E-state index in [1.807, 2.05) is 0 Å². The fourth-order valence-electron chi connectivity index (χ4n) is 0. The molecule has 0 aliphatic carbocycles. The molecule has 0 bridgehead atoms. The summed E-state index contributed by atoms with van der Waals surface area (Å²) < 4.78 is 0. The maximum atomic E-state index is 8.36. The van der Waals surface area contributed by atoms with E-state index >= 15 is 0 Å². The van der Waals surface area contributed by atoms with Gasteiger partial charge in [0.15, 0.2) is 0 Å². The first-order chi connectivity index (χ1) is 1.73. The van der Waals surface area contributed by atoms with Gasteiger partial charge in [-0.15, -0.1) is 10.1 Å². The van der Waals surface area contributed by atoms with Crippen LogP contribution >= 0.6 is 0 Å². The topological polar surface area (TPSA) is 91.9 Å². The van der Waals surface area contributed by atoms with Gasteiger partial charge in [-0.05, 0) is 0 Å². The first kappa shape index (κ1) is 17.1. The number of rotatable bonds is 0. The Hall–Kier alpha value is -0.217. The van der Waals surface area contributed by atoms with Gasteiger partial charge in [-0.25, -0.2) is 0 Å². The van der Waals surface area contributed by atoms with Gasteiger partial charge in [0, 0.05) is 0 Å². The zero-order chi connectivity index (χ0) is 3.58. The van der Waals surface area contributed by atoms with Crippen molar-refractivity contribution in [3.63, 3.8) is 0 Å². The Kier molecular flexibility index (Phi) is 25.2. The molecule has 6 heteroatoms. The predicted octanol–water partition coefficient (Wildman–Crippen LogP) is -0.469. The Labute approximate surface area is 46.1 Å². The van der Waals surface area contributed by atoms with Gasteiger partial charge in [-0.1, -0.05) is 0 Å². The SMILES string of the molecule is O=[N+]([O-])O.[O-2].[Zn+2]. The van der Waals surface area contributed by atoms with Gasteiger partial charge in [0.25, 0.3) is 5.09 Å². The molecule has 0 aromatic heterocycles. The van der Waals surface area contributed by atoms with Crippen molar-refractivity contribution >= 4 is 0 Å². The number of nitrogens with zero attached hydrogens (tertiary/aromatic N) is 1. The zero-order valence-electron chi connectivity index (χ0n) is 2.83. The molecule has 32 valence electrons. The Morgan fingerprint density at radius 1 is 1.67 bits per heavy atom. The van der Waals surface area contributed by atoms with Gasteiger partial charge in [-0.2, -0.15) is 0 Å². The van der Waals surface area contributed by atoms with Crippen molar-refractivity contribution in [2.75, 3.05) is 0 Å². The van der Waals surface area contributed by atoms with E-state index in [4.69, 9.17) is 15.3 Å².